The summed E-state index contributed by atoms with van der Waals surface area (Å²) in [7, 11) is 3.29. The number of nitrogens with zero attached hydrogens (tertiary/aromatic N) is 1. The predicted molar refractivity (Wildman–Crippen MR) is 107 cm³/mol. The Bertz CT molecular complexity index is 1030. The van der Waals surface area contributed by atoms with E-state index < -0.39 is 12.1 Å². The van der Waals surface area contributed by atoms with Gasteiger partial charge < -0.3 is 14.4 Å². The predicted octanol–water partition coefficient (Wildman–Crippen LogP) is 4.29. The molecular formula is C22H19NO4S. The highest BCUT2D eigenvalue weighted by Crippen LogP contribution is 2.42. The van der Waals surface area contributed by atoms with E-state index in [-0.39, 0.29) is 5.91 Å². The fourth-order valence-electron chi connectivity index (χ4n) is 3.09. The summed E-state index contributed by atoms with van der Waals surface area (Å²) < 4.78 is 11.4. The topological polar surface area (TPSA) is 55.8 Å². The lowest BCUT2D eigenvalue weighted by molar-refractivity contribution is -0.138. The van der Waals surface area contributed by atoms with Crippen molar-refractivity contribution in [2.24, 2.45) is 0 Å². The van der Waals surface area contributed by atoms with Gasteiger partial charge in [0.25, 0.3) is 5.91 Å². The number of carbonyl (C=O) groups excluding carboxylic acids is 2. The maximum Gasteiger partial charge on any atom is 0.349 e. The Kier molecular flexibility index (Phi) is 4.88. The number of esters is 1. The molecule has 28 heavy (non-hydrogen) atoms. The maximum atomic E-state index is 12.9. The Balaban J connectivity index is 1.63. The van der Waals surface area contributed by atoms with Gasteiger partial charge in [-0.05, 0) is 18.2 Å². The molecule has 2 aromatic carbocycles. The van der Waals surface area contributed by atoms with E-state index in [1.807, 2.05) is 42.5 Å². The summed E-state index contributed by atoms with van der Waals surface area (Å²) >= 11 is 1.36. The molecule has 0 saturated heterocycles. The summed E-state index contributed by atoms with van der Waals surface area (Å²) in [6.45, 7) is 0.412. The summed E-state index contributed by atoms with van der Waals surface area (Å²) in [5, 5.41) is 0. The van der Waals surface area contributed by atoms with E-state index >= 15 is 0 Å². The number of likely N-dealkylation sites (N-methyl/N-ethyl adjacent to an activating group) is 1. The molecule has 1 aliphatic heterocycles. The van der Waals surface area contributed by atoms with Crippen LogP contribution in [0, 0.1) is 0 Å². The summed E-state index contributed by atoms with van der Waals surface area (Å²) in [5.41, 5.74) is 2.56. The molecule has 1 aromatic heterocycles. The summed E-state index contributed by atoms with van der Waals surface area (Å²) in [6.07, 6.45) is -0.980. The molecular weight excluding hydrogens is 374 g/mol. The number of hydrogen-bond acceptors (Lipinski definition) is 5. The van der Waals surface area contributed by atoms with Crippen molar-refractivity contribution in [2.45, 2.75) is 12.7 Å². The number of benzene rings is 2. The van der Waals surface area contributed by atoms with Crippen molar-refractivity contribution in [3.05, 3.63) is 76.7 Å². The van der Waals surface area contributed by atoms with E-state index in [2.05, 4.69) is 0 Å². The lowest BCUT2D eigenvalue weighted by Gasteiger charge is -2.20. The first-order valence-electron chi connectivity index (χ1n) is 8.86. The first-order valence-corrected chi connectivity index (χ1v) is 9.68. The minimum Gasteiger partial charge on any atom is -0.488 e. The molecule has 6 heteroatoms. The van der Waals surface area contributed by atoms with Crippen LogP contribution in [0.5, 0.6) is 5.75 Å². The van der Waals surface area contributed by atoms with E-state index in [1.165, 1.54) is 16.2 Å². The first kappa shape index (κ1) is 18.3. The molecule has 0 saturated carbocycles. The van der Waals surface area contributed by atoms with Gasteiger partial charge in [0, 0.05) is 35.7 Å². The highest BCUT2D eigenvalue weighted by Gasteiger charge is 2.29. The van der Waals surface area contributed by atoms with Gasteiger partial charge in [0.2, 0.25) is 6.10 Å². The average molecular weight is 393 g/mol. The van der Waals surface area contributed by atoms with Gasteiger partial charge in [-0.15, -0.1) is 11.3 Å². The van der Waals surface area contributed by atoms with Gasteiger partial charge >= 0.3 is 5.97 Å². The minimum absolute atomic E-state index is 0.283. The molecule has 0 N–H and O–H groups in total. The second-order valence-electron chi connectivity index (χ2n) is 6.68. The van der Waals surface area contributed by atoms with E-state index in [4.69, 9.17) is 9.47 Å². The van der Waals surface area contributed by atoms with Crippen molar-refractivity contribution in [3.8, 4) is 16.2 Å². The highest BCUT2D eigenvalue weighted by molar-refractivity contribution is 7.17. The van der Waals surface area contributed by atoms with Crippen molar-refractivity contribution in [1.29, 1.82) is 0 Å². The van der Waals surface area contributed by atoms with Gasteiger partial charge in [0.15, 0.2) is 0 Å². The standard InChI is InChI=1S/C22H19NO4S/c1-23(2)21(24)19(14-8-4-3-5-9-14)27-22(25)18-12-15-13-26-17-11-7-6-10-16(17)20(15)28-18/h3-12,19H,13H2,1-2H3/t19-/m0/s1. The molecule has 1 aliphatic rings. The van der Waals surface area contributed by atoms with Crippen LogP contribution in [0.4, 0.5) is 0 Å². The molecule has 1 atom stereocenters. The molecule has 0 aliphatic carbocycles. The molecule has 2 heterocycles. The second kappa shape index (κ2) is 7.48. The number of para-hydroxylation sites is 1. The summed E-state index contributed by atoms with van der Waals surface area (Å²) in [4.78, 5) is 28.3. The Hall–Kier alpha value is -3.12. The van der Waals surface area contributed by atoms with Gasteiger partial charge in [-0.3, -0.25) is 4.79 Å². The third kappa shape index (κ3) is 3.39. The summed E-state index contributed by atoms with van der Waals surface area (Å²) in [5.74, 6) is 0.0113. The normalized spacial score (nSPS) is 12.9. The molecule has 0 spiro atoms. The number of hydrogen-bond donors (Lipinski definition) is 0. The summed E-state index contributed by atoms with van der Waals surface area (Å²) in [6, 6.07) is 18.6. The molecule has 0 radical (unpaired) electrons. The number of carbonyl (C=O) groups is 2. The van der Waals surface area contributed by atoms with Gasteiger partial charge in [0.05, 0.1) is 0 Å². The first-order chi connectivity index (χ1) is 13.5. The van der Waals surface area contributed by atoms with Crippen molar-refractivity contribution < 1.29 is 19.1 Å². The monoisotopic (exact) mass is 393 g/mol. The van der Waals surface area contributed by atoms with E-state index in [0.717, 1.165) is 21.8 Å². The number of thiophene rings is 1. The Morgan fingerprint density at radius 1 is 1.07 bits per heavy atom. The molecule has 0 unspecified atom stereocenters. The maximum absolute atomic E-state index is 12.9. The fourth-order valence-corrected chi connectivity index (χ4v) is 4.17. The molecule has 0 fully saturated rings. The fraction of sp³-hybridized carbons (Fsp3) is 0.182. The third-order valence-electron chi connectivity index (χ3n) is 4.52. The van der Waals surface area contributed by atoms with Crippen molar-refractivity contribution in [1.82, 2.24) is 4.90 Å². The van der Waals surface area contributed by atoms with Crippen molar-refractivity contribution in [2.75, 3.05) is 14.1 Å². The van der Waals surface area contributed by atoms with Crippen LogP contribution < -0.4 is 4.74 Å². The van der Waals surface area contributed by atoms with Gasteiger partial charge in [0.1, 0.15) is 17.2 Å². The number of amides is 1. The molecule has 3 aromatic rings. The lowest BCUT2D eigenvalue weighted by atomic mass is 10.1. The minimum atomic E-state index is -0.980. The molecule has 1 amide bonds. The largest absolute Gasteiger partial charge is 0.488 e. The van der Waals surface area contributed by atoms with Gasteiger partial charge in [-0.1, -0.05) is 42.5 Å². The molecule has 4 rings (SSSR count). The van der Waals surface area contributed by atoms with Crippen LogP contribution in [0.15, 0.2) is 60.7 Å². The SMILES string of the molecule is CN(C)C(=O)[C@@H](OC(=O)c1cc2c(s1)-c1ccccc1OC2)c1ccccc1. The average Bonchev–Trinajstić information content (AvgIpc) is 3.17. The van der Waals surface area contributed by atoms with Crippen LogP contribution in [0.25, 0.3) is 10.4 Å². The number of ether oxygens (including phenoxy) is 2. The van der Waals surface area contributed by atoms with E-state index in [1.54, 1.807) is 32.3 Å². The van der Waals surface area contributed by atoms with Gasteiger partial charge in [-0.2, -0.15) is 0 Å². The van der Waals surface area contributed by atoms with Crippen LogP contribution in [0.2, 0.25) is 0 Å². The van der Waals surface area contributed by atoms with Gasteiger partial charge in [-0.25, -0.2) is 4.79 Å². The number of rotatable bonds is 4. The lowest BCUT2D eigenvalue weighted by Crippen LogP contribution is -2.31. The zero-order valence-electron chi connectivity index (χ0n) is 15.5. The molecule has 0 bridgehead atoms. The Morgan fingerprint density at radius 2 is 1.79 bits per heavy atom. The van der Waals surface area contributed by atoms with Crippen LogP contribution in [-0.2, 0) is 16.1 Å². The highest BCUT2D eigenvalue weighted by atomic mass is 32.1. The Labute approximate surface area is 167 Å². The smallest absolute Gasteiger partial charge is 0.349 e. The quantitative estimate of drug-likeness (QED) is 0.621. The second-order valence-corrected chi connectivity index (χ2v) is 7.73. The molecule has 142 valence electrons. The van der Waals surface area contributed by atoms with E-state index in [0.29, 0.717) is 17.0 Å². The van der Waals surface area contributed by atoms with Crippen LogP contribution in [-0.4, -0.2) is 30.9 Å². The van der Waals surface area contributed by atoms with E-state index in [9.17, 15) is 9.59 Å². The zero-order chi connectivity index (χ0) is 19.7. The number of fused-ring (bicyclic) bond motifs is 3. The Morgan fingerprint density at radius 3 is 2.54 bits per heavy atom. The van der Waals surface area contributed by atoms with Crippen LogP contribution >= 0.6 is 11.3 Å². The molecule has 5 nitrogen and oxygen atoms in total. The van der Waals surface area contributed by atoms with Crippen molar-refractivity contribution >= 4 is 23.2 Å². The van der Waals surface area contributed by atoms with Crippen LogP contribution in [0.1, 0.15) is 26.9 Å². The third-order valence-corrected chi connectivity index (χ3v) is 5.71. The zero-order valence-corrected chi connectivity index (χ0v) is 16.4. The van der Waals surface area contributed by atoms with Crippen LogP contribution in [0.3, 0.4) is 0 Å². The van der Waals surface area contributed by atoms with Crippen molar-refractivity contribution in [3.63, 3.8) is 0 Å².